The molecule has 0 fully saturated rings. The maximum Gasteiger partial charge on any atom is 0.162 e. The summed E-state index contributed by atoms with van der Waals surface area (Å²) in [6.45, 7) is 0.563. The van der Waals surface area contributed by atoms with Gasteiger partial charge in [0.1, 0.15) is 0 Å². The van der Waals surface area contributed by atoms with Crippen LogP contribution in [0.5, 0.6) is 0 Å². The number of Topliss-reactive ketones (excluding diaryl/α,β-unsaturated/α-hetero) is 1. The molecule has 0 spiro atoms. The van der Waals surface area contributed by atoms with Gasteiger partial charge in [0, 0.05) is 12.0 Å². The molecule has 2 heteroatoms. The summed E-state index contributed by atoms with van der Waals surface area (Å²) >= 11 is 0. The first-order valence-electron chi connectivity index (χ1n) is 6.20. The zero-order chi connectivity index (χ0) is 12.8. The molecular weight excluding hydrogens is 222 g/mol. The number of benzene rings is 2. The van der Waals surface area contributed by atoms with Gasteiger partial charge in [0.2, 0.25) is 0 Å². The lowest BCUT2D eigenvalue weighted by atomic mass is 10.0. The molecule has 0 aliphatic heterocycles. The van der Waals surface area contributed by atoms with Crippen molar-refractivity contribution in [3.8, 4) is 11.1 Å². The Labute approximate surface area is 107 Å². The Balaban J connectivity index is 2.13. The van der Waals surface area contributed by atoms with Crippen molar-refractivity contribution in [2.75, 3.05) is 6.54 Å². The van der Waals surface area contributed by atoms with E-state index in [-0.39, 0.29) is 5.78 Å². The minimum absolute atomic E-state index is 0.167. The molecule has 2 aromatic rings. The predicted molar refractivity (Wildman–Crippen MR) is 74.5 cm³/mol. The fourth-order valence-corrected chi connectivity index (χ4v) is 1.89. The summed E-state index contributed by atoms with van der Waals surface area (Å²) in [6.07, 6.45) is 1.28. The van der Waals surface area contributed by atoms with Gasteiger partial charge in [-0.3, -0.25) is 4.79 Å². The van der Waals surface area contributed by atoms with Gasteiger partial charge in [0.05, 0.1) is 0 Å². The van der Waals surface area contributed by atoms with E-state index in [4.69, 9.17) is 5.73 Å². The lowest BCUT2D eigenvalue weighted by molar-refractivity contribution is 0.0981. The van der Waals surface area contributed by atoms with Gasteiger partial charge in [-0.05, 0) is 24.1 Å². The number of ketones is 1. The molecule has 0 bridgehead atoms. The van der Waals surface area contributed by atoms with Gasteiger partial charge < -0.3 is 5.73 Å². The van der Waals surface area contributed by atoms with Crippen molar-refractivity contribution in [1.29, 1.82) is 0 Å². The van der Waals surface area contributed by atoms with E-state index < -0.39 is 0 Å². The number of rotatable bonds is 5. The normalized spacial score (nSPS) is 10.3. The van der Waals surface area contributed by atoms with Crippen molar-refractivity contribution in [3.63, 3.8) is 0 Å². The third-order valence-corrected chi connectivity index (χ3v) is 2.92. The van der Waals surface area contributed by atoms with E-state index in [2.05, 4.69) is 12.1 Å². The lowest BCUT2D eigenvalue weighted by Crippen LogP contribution is -2.04. The molecule has 0 aliphatic rings. The van der Waals surface area contributed by atoms with Crippen molar-refractivity contribution in [2.45, 2.75) is 12.8 Å². The Kier molecular flexibility index (Phi) is 4.26. The quantitative estimate of drug-likeness (QED) is 0.814. The second kappa shape index (κ2) is 6.12. The summed E-state index contributed by atoms with van der Waals surface area (Å²) in [5, 5.41) is 0. The lowest BCUT2D eigenvalue weighted by Gasteiger charge is -2.03. The Morgan fingerprint density at radius 2 is 1.50 bits per heavy atom. The van der Waals surface area contributed by atoms with Crippen LogP contribution in [-0.4, -0.2) is 12.3 Å². The molecule has 18 heavy (non-hydrogen) atoms. The highest BCUT2D eigenvalue weighted by molar-refractivity contribution is 5.96. The van der Waals surface area contributed by atoms with Gasteiger partial charge in [-0.2, -0.15) is 0 Å². The summed E-state index contributed by atoms with van der Waals surface area (Å²) in [4.78, 5) is 11.8. The van der Waals surface area contributed by atoms with Crippen LogP contribution in [0.25, 0.3) is 11.1 Å². The Bertz CT molecular complexity index is 502. The topological polar surface area (TPSA) is 43.1 Å². The van der Waals surface area contributed by atoms with Crippen LogP contribution in [0.2, 0.25) is 0 Å². The largest absolute Gasteiger partial charge is 0.330 e. The monoisotopic (exact) mass is 239 g/mol. The summed E-state index contributed by atoms with van der Waals surface area (Å²) < 4.78 is 0. The molecule has 0 unspecified atom stereocenters. The van der Waals surface area contributed by atoms with Crippen molar-refractivity contribution >= 4 is 5.78 Å². The first kappa shape index (κ1) is 12.5. The van der Waals surface area contributed by atoms with Crippen LogP contribution in [0, 0.1) is 0 Å². The molecule has 2 N–H and O–H groups in total. The molecule has 0 atom stereocenters. The Morgan fingerprint density at radius 3 is 2.11 bits per heavy atom. The number of hydrogen-bond donors (Lipinski definition) is 1. The number of nitrogens with two attached hydrogens (primary N) is 1. The van der Waals surface area contributed by atoms with Gasteiger partial charge in [0.25, 0.3) is 0 Å². The molecule has 2 nitrogen and oxygen atoms in total. The standard InChI is InChI=1S/C16H17NO/c17-12-4-7-16(18)15-10-8-14(9-11-15)13-5-2-1-3-6-13/h1-3,5-6,8-11H,4,7,12,17H2. The van der Waals surface area contributed by atoms with E-state index in [1.54, 1.807) is 0 Å². The zero-order valence-electron chi connectivity index (χ0n) is 10.3. The van der Waals surface area contributed by atoms with Crippen LogP contribution in [0.15, 0.2) is 54.6 Å². The van der Waals surface area contributed by atoms with Gasteiger partial charge >= 0.3 is 0 Å². The molecule has 0 radical (unpaired) electrons. The van der Waals surface area contributed by atoms with Crippen molar-refractivity contribution in [2.24, 2.45) is 5.73 Å². The molecule has 0 saturated heterocycles. The molecule has 0 aromatic heterocycles. The highest BCUT2D eigenvalue weighted by Gasteiger charge is 2.05. The fraction of sp³-hybridized carbons (Fsp3) is 0.188. The molecular formula is C16H17NO. The zero-order valence-corrected chi connectivity index (χ0v) is 10.3. The van der Waals surface area contributed by atoms with Gasteiger partial charge in [0.15, 0.2) is 5.78 Å². The predicted octanol–water partition coefficient (Wildman–Crippen LogP) is 3.28. The molecule has 2 rings (SSSR count). The van der Waals surface area contributed by atoms with Crippen molar-refractivity contribution in [3.05, 3.63) is 60.2 Å². The summed E-state index contributed by atoms with van der Waals surface area (Å²) in [6, 6.07) is 17.9. The molecule has 0 amide bonds. The van der Waals surface area contributed by atoms with E-state index in [1.807, 2.05) is 42.5 Å². The van der Waals surface area contributed by atoms with Crippen molar-refractivity contribution in [1.82, 2.24) is 0 Å². The highest BCUT2D eigenvalue weighted by atomic mass is 16.1. The van der Waals surface area contributed by atoms with Crippen LogP contribution in [-0.2, 0) is 0 Å². The minimum atomic E-state index is 0.167. The average molecular weight is 239 g/mol. The van der Waals surface area contributed by atoms with Crippen LogP contribution in [0.3, 0.4) is 0 Å². The third kappa shape index (κ3) is 3.05. The van der Waals surface area contributed by atoms with Crippen LogP contribution in [0.4, 0.5) is 0 Å². The van der Waals surface area contributed by atoms with Crippen LogP contribution < -0.4 is 5.73 Å². The van der Waals surface area contributed by atoms with E-state index in [1.165, 1.54) is 5.56 Å². The maximum atomic E-state index is 11.8. The first-order valence-corrected chi connectivity index (χ1v) is 6.20. The van der Waals surface area contributed by atoms with Gasteiger partial charge in [-0.15, -0.1) is 0 Å². The van der Waals surface area contributed by atoms with Crippen molar-refractivity contribution < 1.29 is 4.79 Å². The summed E-state index contributed by atoms with van der Waals surface area (Å²) in [7, 11) is 0. The fourth-order valence-electron chi connectivity index (χ4n) is 1.89. The Hall–Kier alpha value is -1.93. The van der Waals surface area contributed by atoms with E-state index in [0.29, 0.717) is 13.0 Å². The van der Waals surface area contributed by atoms with Gasteiger partial charge in [-0.1, -0.05) is 54.6 Å². The number of carbonyl (C=O) groups is 1. The van der Waals surface area contributed by atoms with Gasteiger partial charge in [-0.25, -0.2) is 0 Å². The molecule has 2 aromatic carbocycles. The average Bonchev–Trinajstić information content (AvgIpc) is 2.46. The first-order chi connectivity index (χ1) is 8.81. The summed E-state index contributed by atoms with van der Waals surface area (Å²) in [5.41, 5.74) is 8.47. The number of carbonyl (C=O) groups excluding carboxylic acids is 1. The molecule has 0 heterocycles. The Morgan fingerprint density at radius 1 is 0.889 bits per heavy atom. The molecule has 0 saturated carbocycles. The maximum absolute atomic E-state index is 11.8. The number of hydrogen-bond acceptors (Lipinski definition) is 2. The minimum Gasteiger partial charge on any atom is -0.330 e. The van der Waals surface area contributed by atoms with Crippen LogP contribution >= 0.6 is 0 Å². The SMILES string of the molecule is NCCCC(=O)c1ccc(-c2ccccc2)cc1. The van der Waals surface area contributed by atoms with E-state index in [0.717, 1.165) is 17.5 Å². The van der Waals surface area contributed by atoms with E-state index >= 15 is 0 Å². The highest BCUT2D eigenvalue weighted by Crippen LogP contribution is 2.19. The third-order valence-electron chi connectivity index (χ3n) is 2.92. The van der Waals surface area contributed by atoms with Crippen LogP contribution in [0.1, 0.15) is 23.2 Å². The smallest absolute Gasteiger partial charge is 0.162 e. The second-order valence-corrected chi connectivity index (χ2v) is 4.26. The molecule has 0 aliphatic carbocycles. The molecule has 92 valence electrons. The van der Waals surface area contributed by atoms with E-state index in [9.17, 15) is 4.79 Å². The second-order valence-electron chi connectivity index (χ2n) is 4.26. The summed E-state index contributed by atoms with van der Waals surface area (Å²) in [5.74, 6) is 0.167.